The summed E-state index contributed by atoms with van der Waals surface area (Å²) in [6, 6.07) is -0.181. The van der Waals surface area contributed by atoms with Crippen molar-refractivity contribution in [2.24, 2.45) is 17.6 Å². The van der Waals surface area contributed by atoms with Gasteiger partial charge in [0.1, 0.15) is 6.10 Å². The maximum Gasteiger partial charge on any atom is 0.243 e. The highest BCUT2D eigenvalue weighted by molar-refractivity contribution is 4.98. The van der Waals surface area contributed by atoms with Crippen LogP contribution in [-0.4, -0.2) is 16.7 Å². The molecule has 0 saturated heterocycles. The fourth-order valence-corrected chi connectivity index (χ4v) is 3.16. The van der Waals surface area contributed by atoms with Crippen LogP contribution in [0.15, 0.2) is 4.52 Å². The van der Waals surface area contributed by atoms with Crippen LogP contribution in [0.5, 0.6) is 0 Å². The molecule has 0 amide bonds. The van der Waals surface area contributed by atoms with Crippen molar-refractivity contribution in [1.82, 2.24) is 10.1 Å². The van der Waals surface area contributed by atoms with Crippen molar-refractivity contribution in [2.75, 3.05) is 6.61 Å². The van der Waals surface area contributed by atoms with Gasteiger partial charge in [0.2, 0.25) is 11.7 Å². The molecule has 0 aromatic carbocycles. The Morgan fingerprint density at radius 1 is 1.29 bits per heavy atom. The highest BCUT2D eigenvalue weighted by atomic mass is 16.5. The molecule has 2 rings (SSSR count). The van der Waals surface area contributed by atoms with Crippen molar-refractivity contribution in [3.63, 3.8) is 0 Å². The van der Waals surface area contributed by atoms with Crippen LogP contribution in [0.2, 0.25) is 0 Å². The molecule has 0 radical (unpaired) electrons. The summed E-state index contributed by atoms with van der Waals surface area (Å²) in [5.41, 5.74) is 6.12. The Labute approximate surface area is 127 Å². The van der Waals surface area contributed by atoms with Gasteiger partial charge in [-0.05, 0) is 38.0 Å². The van der Waals surface area contributed by atoms with Gasteiger partial charge in [-0.15, -0.1) is 0 Å². The molecule has 1 unspecified atom stereocenters. The molecule has 5 nitrogen and oxygen atoms in total. The van der Waals surface area contributed by atoms with Gasteiger partial charge in [0.15, 0.2) is 0 Å². The van der Waals surface area contributed by atoms with E-state index in [0.29, 0.717) is 30.2 Å². The Bertz CT molecular complexity index is 413. The Morgan fingerprint density at radius 3 is 2.62 bits per heavy atom. The van der Waals surface area contributed by atoms with Crippen molar-refractivity contribution >= 4 is 0 Å². The van der Waals surface area contributed by atoms with Crippen molar-refractivity contribution in [2.45, 2.75) is 71.4 Å². The smallest absolute Gasteiger partial charge is 0.243 e. The van der Waals surface area contributed by atoms with E-state index in [0.717, 1.165) is 6.42 Å². The minimum atomic E-state index is -0.181. The Morgan fingerprint density at radius 2 is 2.00 bits per heavy atom. The summed E-state index contributed by atoms with van der Waals surface area (Å²) < 4.78 is 11.3. The molecule has 0 spiro atoms. The van der Waals surface area contributed by atoms with Crippen molar-refractivity contribution in [3.05, 3.63) is 11.7 Å². The van der Waals surface area contributed by atoms with Gasteiger partial charge in [-0.25, -0.2) is 0 Å². The maximum atomic E-state index is 6.12. The predicted molar refractivity (Wildman–Crippen MR) is 81.6 cm³/mol. The van der Waals surface area contributed by atoms with Crippen LogP contribution < -0.4 is 5.73 Å². The summed E-state index contributed by atoms with van der Waals surface area (Å²) in [4.78, 5) is 4.53. The molecule has 1 aromatic heterocycles. The molecular formula is C16H29N3O2. The molecule has 1 aliphatic carbocycles. The first-order chi connectivity index (χ1) is 10.1. The van der Waals surface area contributed by atoms with Gasteiger partial charge in [-0.3, -0.25) is 0 Å². The number of aromatic nitrogens is 2. The van der Waals surface area contributed by atoms with Crippen LogP contribution in [0.25, 0.3) is 0 Å². The molecule has 21 heavy (non-hydrogen) atoms. The number of nitrogens with two attached hydrogens (primary N) is 1. The molecule has 1 saturated carbocycles. The van der Waals surface area contributed by atoms with E-state index in [9.17, 15) is 0 Å². The van der Waals surface area contributed by atoms with Crippen molar-refractivity contribution in [1.29, 1.82) is 0 Å². The minimum absolute atomic E-state index is 0.0425. The van der Waals surface area contributed by atoms with E-state index in [1.54, 1.807) is 0 Å². The van der Waals surface area contributed by atoms with E-state index >= 15 is 0 Å². The van der Waals surface area contributed by atoms with Crippen LogP contribution >= 0.6 is 0 Å². The van der Waals surface area contributed by atoms with Gasteiger partial charge in [0.05, 0.1) is 6.04 Å². The lowest BCUT2D eigenvalue weighted by Crippen LogP contribution is -2.20. The van der Waals surface area contributed by atoms with E-state index in [-0.39, 0.29) is 12.1 Å². The number of hydrogen-bond donors (Lipinski definition) is 1. The van der Waals surface area contributed by atoms with Crippen LogP contribution in [0.3, 0.4) is 0 Å². The Balaban J connectivity index is 2.07. The van der Waals surface area contributed by atoms with Gasteiger partial charge >= 0.3 is 0 Å². The molecular weight excluding hydrogens is 266 g/mol. The second-order valence-corrected chi connectivity index (χ2v) is 6.50. The summed E-state index contributed by atoms with van der Waals surface area (Å²) in [5, 5.41) is 4.15. The summed E-state index contributed by atoms with van der Waals surface area (Å²) in [7, 11) is 0. The lowest BCUT2D eigenvalue weighted by Gasteiger charge is -2.27. The quantitative estimate of drug-likeness (QED) is 0.828. The molecule has 1 fully saturated rings. The largest absolute Gasteiger partial charge is 0.370 e. The fourth-order valence-electron chi connectivity index (χ4n) is 3.16. The molecule has 1 aliphatic rings. The van der Waals surface area contributed by atoms with Crippen LogP contribution in [0, 0.1) is 11.8 Å². The molecule has 0 bridgehead atoms. The standard InChI is InChI=1S/C16H29N3O2/c1-4-20-14(12-8-6-5-7-9-12)15-18-16(21-19-15)13(17)10-11(2)3/h11-14H,4-10,17H2,1-3H3/t13-,14?/m1/s1. The summed E-state index contributed by atoms with van der Waals surface area (Å²) in [6.07, 6.45) is 7.05. The normalized spacial score (nSPS) is 19.9. The third-order valence-corrected chi connectivity index (χ3v) is 4.18. The third-order valence-electron chi connectivity index (χ3n) is 4.18. The number of hydrogen-bond acceptors (Lipinski definition) is 5. The fraction of sp³-hybridized carbons (Fsp3) is 0.875. The zero-order valence-electron chi connectivity index (χ0n) is 13.5. The third kappa shape index (κ3) is 4.51. The molecule has 0 aliphatic heterocycles. The summed E-state index contributed by atoms with van der Waals surface area (Å²) in [6.45, 7) is 6.97. The monoisotopic (exact) mass is 295 g/mol. The average molecular weight is 295 g/mol. The van der Waals surface area contributed by atoms with Crippen LogP contribution in [0.1, 0.15) is 83.2 Å². The SMILES string of the molecule is CCOC(c1noc([C@H](N)CC(C)C)n1)C1CCCCC1. The van der Waals surface area contributed by atoms with Crippen LogP contribution in [0.4, 0.5) is 0 Å². The van der Waals surface area contributed by atoms with E-state index in [1.165, 1.54) is 32.1 Å². The zero-order valence-corrected chi connectivity index (χ0v) is 13.5. The average Bonchev–Trinajstić information content (AvgIpc) is 2.94. The van der Waals surface area contributed by atoms with Crippen molar-refractivity contribution < 1.29 is 9.26 Å². The number of ether oxygens (including phenoxy) is 1. The predicted octanol–water partition coefficient (Wildman–Crippen LogP) is 3.77. The maximum absolute atomic E-state index is 6.12. The van der Waals surface area contributed by atoms with E-state index in [2.05, 4.69) is 24.0 Å². The summed E-state index contributed by atoms with van der Waals surface area (Å²) >= 11 is 0. The van der Waals surface area contributed by atoms with Crippen LogP contribution in [-0.2, 0) is 4.74 Å². The van der Waals surface area contributed by atoms with E-state index in [4.69, 9.17) is 15.0 Å². The zero-order chi connectivity index (χ0) is 15.2. The van der Waals surface area contributed by atoms with E-state index in [1.807, 2.05) is 6.92 Å². The molecule has 120 valence electrons. The lowest BCUT2D eigenvalue weighted by molar-refractivity contribution is -0.00145. The first-order valence-electron chi connectivity index (χ1n) is 8.32. The lowest BCUT2D eigenvalue weighted by atomic mass is 9.85. The minimum Gasteiger partial charge on any atom is -0.370 e. The number of rotatable bonds is 7. The highest BCUT2D eigenvalue weighted by Crippen LogP contribution is 2.36. The second kappa shape index (κ2) is 7.90. The molecule has 5 heteroatoms. The number of nitrogens with zero attached hydrogens (tertiary/aromatic N) is 2. The van der Waals surface area contributed by atoms with Gasteiger partial charge in [-0.2, -0.15) is 4.98 Å². The molecule has 2 N–H and O–H groups in total. The topological polar surface area (TPSA) is 74.2 Å². The van der Waals surface area contributed by atoms with Gasteiger partial charge in [0.25, 0.3) is 0 Å². The second-order valence-electron chi connectivity index (χ2n) is 6.50. The first-order valence-corrected chi connectivity index (χ1v) is 8.32. The molecule has 1 aromatic rings. The van der Waals surface area contributed by atoms with Gasteiger partial charge in [0, 0.05) is 6.61 Å². The van der Waals surface area contributed by atoms with E-state index < -0.39 is 0 Å². The molecule has 1 heterocycles. The van der Waals surface area contributed by atoms with Gasteiger partial charge < -0.3 is 15.0 Å². The van der Waals surface area contributed by atoms with Crippen molar-refractivity contribution in [3.8, 4) is 0 Å². The Hall–Kier alpha value is -0.940. The Kier molecular flexibility index (Phi) is 6.18. The first kappa shape index (κ1) is 16.4. The highest BCUT2D eigenvalue weighted by Gasteiger charge is 2.30. The summed E-state index contributed by atoms with van der Waals surface area (Å²) in [5.74, 6) is 2.24. The molecule has 2 atom stereocenters. The van der Waals surface area contributed by atoms with Gasteiger partial charge in [-0.1, -0.05) is 38.3 Å².